The molecule has 1 aromatic carbocycles. The lowest BCUT2D eigenvalue weighted by molar-refractivity contribution is -0.116. The van der Waals surface area contributed by atoms with Gasteiger partial charge in [0.25, 0.3) is 0 Å². The smallest absolute Gasteiger partial charge is 0.227 e. The largest absolute Gasteiger partial charge is 0.339 e. The fourth-order valence-electron chi connectivity index (χ4n) is 2.45. The lowest BCUT2D eigenvalue weighted by Gasteiger charge is -2.06. The fraction of sp³-hybridized carbons (Fsp3) is 0.222. The van der Waals surface area contributed by atoms with Crippen LogP contribution < -0.4 is 5.32 Å². The van der Waals surface area contributed by atoms with Crippen molar-refractivity contribution in [3.8, 4) is 11.5 Å². The highest BCUT2D eigenvalue weighted by Gasteiger charge is 2.11. The Morgan fingerprint density at radius 3 is 2.67 bits per heavy atom. The van der Waals surface area contributed by atoms with Gasteiger partial charge in [-0.05, 0) is 49.2 Å². The third-order valence-electron chi connectivity index (χ3n) is 3.43. The minimum absolute atomic E-state index is 0.0856. The first kappa shape index (κ1) is 15.9. The van der Waals surface area contributed by atoms with Crippen LogP contribution in [0.3, 0.4) is 0 Å². The summed E-state index contributed by atoms with van der Waals surface area (Å²) in [5.74, 6) is 0.768. The van der Waals surface area contributed by atoms with Crippen molar-refractivity contribution in [1.82, 2.24) is 15.1 Å². The van der Waals surface area contributed by atoms with E-state index in [0.29, 0.717) is 23.8 Å². The van der Waals surface area contributed by atoms with Gasteiger partial charge in [-0.2, -0.15) is 4.98 Å². The first-order chi connectivity index (χ1) is 11.6. The van der Waals surface area contributed by atoms with Gasteiger partial charge in [0.1, 0.15) is 5.69 Å². The van der Waals surface area contributed by atoms with Crippen molar-refractivity contribution in [1.29, 1.82) is 0 Å². The minimum Gasteiger partial charge on any atom is -0.339 e. The number of amides is 1. The van der Waals surface area contributed by atoms with Crippen LogP contribution in [0.4, 0.5) is 5.69 Å². The summed E-state index contributed by atoms with van der Waals surface area (Å²) in [4.78, 5) is 20.5. The van der Waals surface area contributed by atoms with Gasteiger partial charge in [0, 0.05) is 24.7 Å². The summed E-state index contributed by atoms with van der Waals surface area (Å²) in [6.07, 6.45) is 2.33. The highest BCUT2D eigenvalue weighted by molar-refractivity contribution is 5.90. The minimum atomic E-state index is -0.0856. The molecule has 24 heavy (non-hydrogen) atoms. The van der Waals surface area contributed by atoms with Crippen LogP contribution in [0.1, 0.15) is 23.4 Å². The number of anilines is 1. The Morgan fingerprint density at radius 1 is 1.17 bits per heavy atom. The number of carbonyl (C=O) groups is 1. The summed E-state index contributed by atoms with van der Waals surface area (Å²) in [7, 11) is 0. The van der Waals surface area contributed by atoms with E-state index in [1.165, 1.54) is 0 Å². The molecule has 0 aliphatic heterocycles. The number of carbonyl (C=O) groups excluding carboxylic acids is 1. The average molecular weight is 322 g/mol. The van der Waals surface area contributed by atoms with Crippen molar-refractivity contribution in [2.24, 2.45) is 0 Å². The third-order valence-corrected chi connectivity index (χ3v) is 3.43. The second kappa shape index (κ2) is 7.04. The Labute approximate surface area is 139 Å². The fourth-order valence-corrected chi connectivity index (χ4v) is 2.45. The number of hydrogen-bond donors (Lipinski definition) is 1. The van der Waals surface area contributed by atoms with E-state index >= 15 is 0 Å². The Kier molecular flexibility index (Phi) is 4.65. The van der Waals surface area contributed by atoms with E-state index in [9.17, 15) is 4.79 Å². The molecule has 3 rings (SSSR count). The van der Waals surface area contributed by atoms with Gasteiger partial charge in [-0.25, -0.2) is 0 Å². The van der Waals surface area contributed by atoms with Gasteiger partial charge < -0.3 is 9.84 Å². The molecule has 0 spiro atoms. The van der Waals surface area contributed by atoms with E-state index in [-0.39, 0.29) is 12.3 Å². The number of pyridine rings is 1. The molecular weight excluding hydrogens is 304 g/mol. The second-order valence-corrected chi connectivity index (χ2v) is 5.65. The molecule has 6 heteroatoms. The number of aromatic nitrogens is 3. The van der Waals surface area contributed by atoms with Crippen molar-refractivity contribution in [2.45, 2.75) is 26.7 Å². The molecule has 122 valence electrons. The van der Waals surface area contributed by atoms with Crippen LogP contribution in [0.2, 0.25) is 0 Å². The van der Waals surface area contributed by atoms with Crippen molar-refractivity contribution < 1.29 is 9.32 Å². The van der Waals surface area contributed by atoms with E-state index in [1.54, 1.807) is 12.3 Å². The maximum atomic E-state index is 12.1. The van der Waals surface area contributed by atoms with Crippen LogP contribution in [0.25, 0.3) is 11.5 Å². The number of nitrogens with zero attached hydrogens (tertiary/aromatic N) is 3. The molecule has 0 radical (unpaired) electrons. The van der Waals surface area contributed by atoms with E-state index in [4.69, 9.17) is 4.52 Å². The SMILES string of the molecule is Cc1cc(C)cc(NC(=O)CCc2nc(-c3ccccn3)no2)c1. The number of aryl methyl sites for hydroxylation is 3. The summed E-state index contributed by atoms with van der Waals surface area (Å²) in [6, 6.07) is 11.4. The summed E-state index contributed by atoms with van der Waals surface area (Å²) in [5.41, 5.74) is 3.67. The second-order valence-electron chi connectivity index (χ2n) is 5.65. The number of benzene rings is 1. The standard InChI is InChI=1S/C18H18N4O2/c1-12-9-13(2)11-14(10-12)20-16(23)6-7-17-21-18(22-24-17)15-5-3-4-8-19-15/h3-5,8-11H,6-7H2,1-2H3,(H,20,23). The number of nitrogens with one attached hydrogen (secondary N) is 1. The molecule has 1 N–H and O–H groups in total. The molecule has 2 aromatic heterocycles. The molecule has 0 aliphatic rings. The Balaban J connectivity index is 1.58. The van der Waals surface area contributed by atoms with Gasteiger partial charge in [0.2, 0.25) is 17.6 Å². The van der Waals surface area contributed by atoms with Crippen LogP contribution in [0.15, 0.2) is 47.1 Å². The quantitative estimate of drug-likeness (QED) is 0.779. The number of hydrogen-bond acceptors (Lipinski definition) is 5. The summed E-state index contributed by atoms with van der Waals surface area (Å²) in [6.45, 7) is 4.00. The molecule has 6 nitrogen and oxygen atoms in total. The lowest BCUT2D eigenvalue weighted by Crippen LogP contribution is -2.12. The Morgan fingerprint density at radius 2 is 1.96 bits per heavy atom. The van der Waals surface area contributed by atoms with Gasteiger partial charge in [-0.15, -0.1) is 0 Å². The molecular formula is C18H18N4O2. The van der Waals surface area contributed by atoms with Crippen LogP contribution >= 0.6 is 0 Å². The summed E-state index contributed by atoms with van der Waals surface area (Å²) >= 11 is 0. The van der Waals surface area contributed by atoms with Gasteiger partial charge in [0.05, 0.1) is 0 Å². The van der Waals surface area contributed by atoms with Gasteiger partial charge >= 0.3 is 0 Å². The monoisotopic (exact) mass is 322 g/mol. The topological polar surface area (TPSA) is 80.9 Å². The van der Waals surface area contributed by atoms with Crippen LogP contribution in [-0.4, -0.2) is 21.0 Å². The molecule has 1 amide bonds. The molecule has 0 saturated carbocycles. The van der Waals surface area contributed by atoms with Crippen molar-refractivity contribution >= 4 is 11.6 Å². The molecule has 0 unspecified atom stereocenters. The molecule has 0 saturated heterocycles. The van der Waals surface area contributed by atoms with E-state index in [2.05, 4.69) is 26.5 Å². The van der Waals surface area contributed by atoms with Crippen LogP contribution in [0.5, 0.6) is 0 Å². The van der Waals surface area contributed by atoms with Gasteiger partial charge in [-0.3, -0.25) is 9.78 Å². The normalized spacial score (nSPS) is 10.6. The first-order valence-corrected chi connectivity index (χ1v) is 7.72. The highest BCUT2D eigenvalue weighted by atomic mass is 16.5. The predicted molar refractivity (Wildman–Crippen MR) is 90.4 cm³/mol. The zero-order valence-corrected chi connectivity index (χ0v) is 13.6. The first-order valence-electron chi connectivity index (χ1n) is 7.72. The van der Waals surface area contributed by atoms with Gasteiger partial charge in [-0.1, -0.05) is 17.3 Å². The third kappa shape index (κ3) is 4.04. The number of rotatable bonds is 5. The van der Waals surface area contributed by atoms with Crippen molar-refractivity contribution in [3.05, 3.63) is 59.6 Å². The molecule has 0 atom stereocenters. The molecule has 0 bridgehead atoms. The Bertz CT molecular complexity index is 823. The van der Waals surface area contributed by atoms with E-state index < -0.39 is 0 Å². The predicted octanol–water partition coefficient (Wildman–Crippen LogP) is 3.32. The van der Waals surface area contributed by atoms with Gasteiger partial charge in [0.15, 0.2) is 0 Å². The molecule has 3 aromatic rings. The van der Waals surface area contributed by atoms with E-state index in [0.717, 1.165) is 16.8 Å². The summed E-state index contributed by atoms with van der Waals surface area (Å²) in [5, 5.41) is 6.78. The maximum absolute atomic E-state index is 12.1. The zero-order valence-electron chi connectivity index (χ0n) is 13.6. The zero-order chi connectivity index (χ0) is 16.9. The van der Waals surface area contributed by atoms with Crippen molar-refractivity contribution in [2.75, 3.05) is 5.32 Å². The molecule has 0 fully saturated rings. The van der Waals surface area contributed by atoms with Crippen LogP contribution in [-0.2, 0) is 11.2 Å². The van der Waals surface area contributed by atoms with Crippen molar-refractivity contribution in [3.63, 3.8) is 0 Å². The average Bonchev–Trinajstić information content (AvgIpc) is 3.02. The molecule has 2 heterocycles. The lowest BCUT2D eigenvalue weighted by atomic mass is 10.1. The highest BCUT2D eigenvalue weighted by Crippen LogP contribution is 2.15. The Hall–Kier alpha value is -3.02. The summed E-state index contributed by atoms with van der Waals surface area (Å²) < 4.78 is 5.18. The molecule has 0 aliphatic carbocycles. The maximum Gasteiger partial charge on any atom is 0.227 e. The van der Waals surface area contributed by atoms with Crippen LogP contribution in [0, 0.1) is 13.8 Å². The van der Waals surface area contributed by atoms with E-state index in [1.807, 2.05) is 38.1 Å².